The van der Waals surface area contributed by atoms with E-state index >= 15 is 0 Å². The Labute approximate surface area is 128 Å². The maximum absolute atomic E-state index is 3.54. The van der Waals surface area contributed by atoms with Gasteiger partial charge in [-0.2, -0.15) is 0 Å². The van der Waals surface area contributed by atoms with Crippen molar-refractivity contribution >= 4 is 6.08 Å². The van der Waals surface area contributed by atoms with Crippen molar-refractivity contribution in [3.05, 3.63) is 83.1 Å². The average Bonchev–Trinajstić information content (AvgIpc) is 2.48. The fraction of sp³-hybridized carbons (Fsp3) is 0.286. The number of hydrogen-bond acceptors (Lipinski definition) is 0. The molecular weight excluding hydrogens is 252 g/mol. The molecule has 0 aliphatic rings. The number of benzene rings is 2. The lowest BCUT2D eigenvalue weighted by Gasteiger charge is -2.21. The van der Waals surface area contributed by atoms with Crippen LogP contribution in [0, 0.1) is 5.41 Å². The van der Waals surface area contributed by atoms with Crippen molar-refractivity contribution in [1.29, 1.82) is 0 Å². The van der Waals surface area contributed by atoms with Crippen molar-refractivity contribution in [1.82, 2.24) is 0 Å². The molecule has 0 aliphatic heterocycles. The lowest BCUT2D eigenvalue weighted by molar-refractivity contribution is 0.483. The maximum Gasteiger partial charge on any atom is -0.00970 e. The van der Waals surface area contributed by atoms with Gasteiger partial charge in [0.2, 0.25) is 0 Å². The molecule has 0 atom stereocenters. The zero-order valence-electron chi connectivity index (χ0n) is 13.3. The molecule has 2 aromatic rings. The van der Waals surface area contributed by atoms with Crippen LogP contribution >= 0.6 is 0 Å². The van der Waals surface area contributed by atoms with E-state index in [0.29, 0.717) is 0 Å². The monoisotopic (exact) mass is 276 g/mol. The van der Waals surface area contributed by atoms with Crippen molar-refractivity contribution in [2.75, 3.05) is 0 Å². The standard InChI is InChI=1S/C21H24/c1-21(2,3)20(16-14-18-10-6-4-7-11-18)17-15-19-12-8-5-9-13-19/h4-14H,15,17H2,1-3H3. The molecule has 0 unspecified atom stereocenters. The summed E-state index contributed by atoms with van der Waals surface area (Å²) in [5.74, 6) is 0. The molecule has 0 aromatic heterocycles. The Morgan fingerprint density at radius 2 is 1.48 bits per heavy atom. The van der Waals surface area contributed by atoms with E-state index in [1.165, 1.54) is 16.7 Å². The second-order valence-corrected chi connectivity index (χ2v) is 6.41. The molecule has 0 saturated carbocycles. The Morgan fingerprint density at radius 3 is 2.05 bits per heavy atom. The second-order valence-electron chi connectivity index (χ2n) is 6.41. The molecule has 0 radical (unpaired) electrons. The van der Waals surface area contributed by atoms with Gasteiger partial charge in [-0.1, -0.05) is 81.4 Å². The zero-order valence-corrected chi connectivity index (χ0v) is 13.3. The first kappa shape index (κ1) is 15.4. The van der Waals surface area contributed by atoms with Gasteiger partial charge in [0, 0.05) is 0 Å². The SMILES string of the molecule is CC(C)(C)C(=C=Cc1ccccc1)CCc1ccccc1. The van der Waals surface area contributed by atoms with Crippen LogP contribution in [0.1, 0.15) is 38.3 Å². The summed E-state index contributed by atoms with van der Waals surface area (Å²) in [6.45, 7) is 6.79. The molecule has 0 aliphatic carbocycles. The van der Waals surface area contributed by atoms with Gasteiger partial charge in [-0.25, -0.2) is 0 Å². The second kappa shape index (κ2) is 7.11. The van der Waals surface area contributed by atoms with E-state index in [0.717, 1.165) is 12.8 Å². The Bertz CT molecular complexity index is 606. The normalized spacial score (nSPS) is 10.8. The van der Waals surface area contributed by atoms with Crippen LogP contribution in [-0.4, -0.2) is 0 Å². The summed E-state index contributed by atoms with van der Waals surface area (Å²) in [6.07, 6.45) is 4.23. The van der Waals surface area contributed by atoms with E-state index in [1.54, 1.807) is 0 Å². The number of allylic oxidation sites excluding steroid dienone is 1. The van der Waals surface area contributed by atoms with Crippen LogP contribution in [0.3, 0.4) is 0 Å². The summed E-state index contributed by atoms with van der Waals surface area (Å²) < 4.78 is 0. The van der Waals surface area contributed by atoms with Gasteiger partial charge in [0.25, 0.3) is 0 Å². The van der Waals surface area contributed by atoms with Gasteiger partial charge in [0.05, 0.1) is 0 Å². The molecule has 2 rings (SSSR count). The molecule has 0 N–H and O–H groups in total. The fourth-order valence-corrected chi connectivity index (χ4v) is 2.30. The van der Waals surface area contributed by atoms with Crippen LogP contribution in [0.25, 0.3) is 6.08 Å². The van der Waals surface area contributed by atoms with Crippen LogP contribution in [0.4, 0.5) is 0 Å². The van der Waals surface area contributed by atoms with Crippen molar-refractivity contribution in [3.8, 4) is 0 Å². The summed E-state index contributed by atoms with van der Waals surface area (Å²) in [4.78, 5) is 0. The average molecular weight is 276 g/mol. The van der Waals surface area contributed by atoms with Gasteiger partial charge < -0.3 is 0 Å². The van der Waals surface area contributed by atoms with E-state index in [4.69, 9.17) is 0 Å². The van der Waals surface area contributed by atoms with Crippen molar-refractivity contribution in [2.45, 2.75) is 33.6 Å². The maximum atomic E-state index is 3.54. The number of aryl methyl sites for hydroxylation is 1. The largest absolute Gasteiger partial charge is 0.121 e. The van der Waals surface area contributed by atoms with E-state index in [9.17, 15) is 0 Å². The molecule has 0 spiro atoms. The quantitative estimate of drug-likeness (QED) is 0.609. The molecule has 0 saturated heterocycles. The molecule has 0 bridgehead atoms. The minimum atomic E-state index is 0.153. The van der Waals surface area contributed by atoms with Crippen LogP contribution in [-0.2, 0) is 6.42 Å². The zero-order chi connectivity index (χ0) is 15.1. The van der Waals surface area contributed by atoms with Crippen LogP contribution in [0.5, 0.6) is 0 Å². The lowest BCUT2D eigenvalue weighted by atomic mass is 9.83. The summed E-state index contributed by atoms with van der Waals surface area (Å²) in [7, 11) is 0. The fourth-order valence-electron chi connectivity index (χ4n) is 2.30. The number of hydrogen-bond donors (Lipinski definition) is 0. The Morgan fingerprint density at radius 1 is 0.905 bits per heavy atom. The highest BCUT2D eigenvalue weighted by atomic mass is 14.2. The van der Waals surface area contributed by atoms with Gasteiger partial charge in [-0.05, 0) is 41.0 Å². The highest BCUT2D eigenvalue weighted by Gasteiger charge is 2.16. The summed E-state index contributed by atoms with van der Waals surface area (Å²) >= 11 is 0. The van der Waals surface area contributed by atoms with E-state index < -0.39 is 0 Å². The minimum Gasteiger partial charge on any atom is -0.121 e. The first-order valence-electron chi connectivity index (χ1n) is 7.61. The molecule has 0 heteroatoms. The Balaban J connectivity index is 2.17. The van der Waals surface area contributed by atoms with Crippen molar-refractivity contribution in [2.24, 2.45) is 5.41 Å². The van der Waals surface area contributed by atoms with E-state index in [1.807, 2.05) is 6.07 Å². The van der Waals surface area contributed by atoms with Gasteiger partial charge in [-0.3, -0.25) is 0 Å². The third kappa shape index (κ3) is 5.10. The van der Waals surface area contributed by atoms with E-state index in [-0.39, 0.29) is 5.41 Å². The van der Waals surface area contributed by atoms with Gasteiger partial charge in [0.15, 0.2) is 0 Å². The molecule has 0 nitrogen and oxygen atoms in total. The first-order valence-corrected chi connectivity index (χ1v) is 7.61. The molecule has 0 fully saturated rings. The van der Waals surface area contributed by atoms with Gasteiger partial charge in [0.1, 0.15) is 0 Å². The smallest absolute Gasteiger partial charge is 0.00970 e. The number of rotatable bonds is 4. The van der Waals surface area contributed by atoms with E-state index in [2.05, 4.69) is 87.2 Å². The molecule has 108 valence electrons. The van der Waals surface area contributed by atoms with Gasteiger partial charge >= 0.3 is 0 Å². The summed E-state index contributed by atoms with van der Waals surface area (Å²) in [6, 6.07) is 21.1. The molecule has 21 heavy (non-hydrogen) atoms. The van der Waals surface area contributed by atoms with Crippen LogP contribution < -0.4 is 0 Å². The first-order chi connectivity index (χ1) is 10.1. The van der Waals surface area contributed by atoms with Gasteiger partial charge in [-0.15, -0.1) is 5.73 Å². The molecular formula is C21H24. The Kier molecular flexibility index (Phi) is 5.20. The molecule has 2 aromatic carbocycles. The highest BCUT2D eigenvalue weighted by molar-refractivity contribution is 5.49. The predicted octanol–water partition coefficient (Wildman–Crippen LogP) is 5.90. The summed E-state index contributed by atoms with van der Waals surface area (Å²) in [5.41, 5.74) is 7.66. The third-order valence-corrected chi connectivity index (χ3v) is 3.62. The van der Waals surface area contributed by atoms with Crippen LogP contribution in [0.15, 0.2) is 72.0 Å². The highest BCUT2D eigenvalue weighted by Crippen LogP contribution is 2.28. The Hall–Kier alpha value is -2.04. The minimum absolute atomic E-state index is 0.153. The van der Waals surface area contributed by atoms with Crippen LogP contribution in [0.2, 0.25) is 0 Å². The summed E-state index contributed by atoms with van der Waals surface area (Å²) in [5, 5.41) is 0. The third-order valence-electron chi connectivity index (χ3n) is 3.62. The van der Waals surface area contributed by atoms with Crippen molar-refractivity contribution < 1.29 is 0 Å². The lowest BCUT2D eigenvalue weighted by Crippen LogP contribution is -2.09. The topological polar surface area (TPSA) is 0 Å². The van der Waals surface area contributed by atoms with Crippen molar-refractivity contribution in [3.63, 3.8) is 0 Å². The molecule has 0 heterocycles. The molecule has 0 amide bonds. The predicted molar refractivity (Wildman–Crippen MR) is 92.2 cm³/mol.